The van der Waals surface area contributed by atoms with E-state index in [0.29, 0.717) is 24.5 Å². The SMILES string of the molecule is COC(=O)N(C)c1ccc(NC(=O)N2CC(C)OC(C)(C)C2)cc1. The van der Waals surface area contributed by atoms with Crippen LogP contribution in [0.2, 0.25) is 0 Å². The van der Waals surface area contributed by atoms with Gasteiger partial charge >= 0.3 is 12.1 Å². The molecule has 7 nitrogen and oxygen atoms in total. The van der Waals surface area contributed by atoms with Gasteiger partial charge < -0.3 is 19.7 Å². The van der Waals surface area contributed by atoms with Crippen LogP contribution < -0.4 is 10.2 Å². The molecule has 1 aliphatic rings. The lowest BCUT2D eigenvalue weighted by Gasteiger charge is -2.41. The van der Waals surface area contributed by atoms with Crippen LogP contribution in [0.1, 0.15) is 20.8 Å². The summed E-state index contributed by atoms with van der Waals surface area (Å²) in [5.41, 5.74) is 0.988. The maximum absolute atomic E-state index is 12.4. The van der Waals surface area contributed by atoms with Gasteiger partial charge in [-0.05, 0) is 45.0 Å². The van der Waals surface area contributed by atoms with E-state index >= 15 is 0 Å². The topological polar surface area (TPSA) is 71.1 Å². The molecule has 1 unspecified atom stereocenters. The van der Waals surface area contributed by atoms with Gasteiger partial charge in [-0.2, -0.15) is 0 Å². The molecule has 0 aromatic heterocycles. The van der Waals surface area contributed by atoms with Gasteiger partial charge in [-0.1, -0.05) is 0 Å². The average Bonchev–Trinajstić information content (AvgIpc) is 2.52. The normalized spacial score (nSPS) is 19.5. The lowest BCUT2D eigenvalue weighted by Crippen LogP contribution is -2.54. The van der Waals surface area contributed by atoms with Crippen molar-refractivity contribution in [2.24, 2.45) is 0 Å². The molecular formula is C17H25N3O4. The minimum absolute atomic E-state index is 0.00409. The molecule has 1 fully saturated rings. The summed E-state index contributed by atoms with van der Waals surface area (Å²) in [6.07, 6.45) is -0.452. The Morgan fingerprint density at radius 3 is 2.50 bits per heavy atom. The van der Waals surface area contributed by atoms with Crippen molar-refractivity contribution < 1.29 is 19.1 Å². The average molecular weight is 335 g/mol. The number of nitrogens with one attached hydrogen (secondary N) is 1. The third-order valence-electron chi connectivity index (χ3n) is 3.81. The number of nitrogens with zero attached hydrogens (tertiary/aromatic N) is 2. The first-order valence-electron chi connectivity index (χ1n) is 7.87. The second-order valence-electron chi connectivity index (χ2n) is 6.57. The summed E-state index contributed by atoms with van der Waals surface area (Å²) in [7, 11) is 2.95. The van der Waals surface area contributed by atoms with Crippen molar-refractivity contribution in [3.05, 3.63) is 24.3 Å². The van der Waals surface area contributed by atoms with Crippen molar-refractivity contribution in [3.8, 4) is 0 Å². The molecule has 0 radical (unpaired) electrons. The van der Waals surface area contributed by atoms with Crippen LogP contribution in [0.25, 0.3) is 0 Å². The molecule has 24 heavy (non-hydrogen) atoms. The molecule has 7 heteroatoms. The summed E-state index contributed by atoms with van der Waals surface area (Å²) in [5, 5.41) is 2.88. The molecule has 0 aliphatic carbocycles. The number of anilines is 2. The van der Waals surface area contributed by atoms with Crippen molar-refractivity contribution >= 4 is 23.5 Å². The van der Waals surface area contributed by atoms with Gasteiger partial charge in [0.2, 0.25) is 0 Å². The Kier molecular flexibility index (Phi) is 5.33. The van der Waals surface area contributed by atoms with Gasteiger partial charge in [0.05, 0.1) is 25.4 Å². The summed E-state index contributed by atoms with van der Waals surface area (Å²) < 4.78 is 10.5. The zero-order valence-corrected chi connectivity index (χ0v) is 14.8. The minimum Gasteiger partial charge on any atom is -0.452 e. The zero-order valence-electron chi connectivity index (χ0n) is 14.8. The summed E-state index contributed by atoms with van der Waals surface area (Å²) in [6.45, 7) is 6.99. The molecule has 0 saturated carbocycles. The highest BCUT2D eigenvalue weighted by atomic mass is 16.5. The quantitative estimate of drug-likeness (QED) is 0.902. The largest absolute Gasteiger partial charge is 0.452 e. The lowest BCUT2D eigenvalue weighted by molar-refractivity contribution is -0.116. The lowest BCUT2D eigenvalue weighted by atomic mass is 10.1. The smallest absolute Gasteiger partial charge is 0.413 e. The number of methoxy groups -OCH3 is 1. The Balaban J connectivity index is 2.00. The predicted molar refractivity (Wildman–Crippen MR) is 92.5 cm³/mol. The Bertz CT molecular complexity index is 600. The van der Waals surface area contributed by atoms with Gasteiger partial charge in [0.15, 0.2) is 0 Å². The molecule has 132 valence electrons. The molecule has 0 bridgehead atoms. The summed E-state index contributed by atoms with van der Waals surface area (Å²) in [4.78, 5) is 27.1. The summed E-state index contributed by atoms with van der Waals surface area (Å²) in [6, 6.07) is 6.84. The number of amides is 3. The molecule has 3 amide bonds. The van der Waals surface area contributed by atoms with Crippen LogP contribution in [0.3, 0.4) is 0 Å². The monoisotopic (exact) mass is 335 g/mol. The minimum atomic E-state index is -0.448. The number of urea groups is 1. The van der Waals surface area contributed by atoms with Gasteiger partial charge in [0.1, 0.15) is 0 Å². The van der Waals surface area contributed by atoms with E-state index < -0.39 is 6.09 Å². The third-order valence-corrected chi connectivity index (χ3v) is 3.81. The van der Waals surface area contributed by atoms with Crippen LogP contribution in [0.4, 0.5) is 21.0 Å². The molecule has 1 aromatic carbocycles. The fourth-order valence-electron chi connectivity index (χ4n) is 2.82. The van der Waals surface area contributed by atoms with E-state index in [0.717, 1.165) is 0 Å². The van der Waals surface area contributed by atoms with Crippen LogP contribution >= 0.6 is 0 Å². The van der Waals surface area contributed by atoms with E-state index in [9.17, 15) is 9.59 Å². The Hall–Kier alpha value is -2.28. The second kappa shape index (κ2) is 7.09. The highest BCUT2D eigenvalue weighted by Crippen LogP contribution is 2.22. The number of hydrogen-bond acceptors (Lipinski definition) is 4. The molecule has 2 rings (SSSR count). The van der Waals surface area contributed by atoms with Gasteiger partial charge in [0.25, 0.3) is 0 Å². The van der Waals surface area contributed by atoms with E-state index in [1.54, 1.807) is 36.2 Å². The van der Waals surface area contributed by atoms with Gasteiger partial charge in [-0.15, -0.1) is 0 Å². The molecule has 1 atom stereocenters. The number of carbonyl (C=O) groups is 2. The fourth-order valence-corrected chi connectivity index (χ4v) is 2.82. The van der Waals surface area contributed by atoms with Crippen LogP contribution in [-0.2, 0) is 9.47 Å². The number of ether oxygens (including phenoxy) is 2. The first-order valence-corrected chi connectivity index (χ1v) is 7.87. The maximum atomic E-state index is 12.4. The van der Waals surface area contributed by atoms with Crippen molar-refractivity contribution in [2.75, 3.05) is 37.5 Å². The summed E-state index contributed by atoms with van der Waals surface area (Å²) in [5.74, 6) is 0. The molecular weight excluding hydrogens is 310 g/mol. The van der Waals surface area contributed by atoms with Gasteiger partial charge in [-0.3, -0.25) is 4.90 Å². The first-order chi connectivity index (χ1) is 11.2. The highest BCUT2D eigenvalue weighted by Gasteiger charge is 2.33. The van der Waals surface area contributed by atoms with Crippen molar-refractivity contribution in [1.82, 2.24) is 4.90 Å². The van der Waals surface area contributed by atoms with Crippen LogP contribution in [0, 0.1) is 0 Å². The Labute approximate surface area is 142 Å². The highest BCUT2D eigenvalue weighted by molar-refractivity contribution is 5.91. The van der Waals surface area contributed by atoms with Crippen LogP contribution in [0.5, 0.6) is 0 Å². The Morgan fingerprint density at radius 1 is 1.33 bits per heavy atom. The predicted octanol–water partition coefficient (Wildman–Crippen LogP) is 2.92. The van der Waals surface area contributed by atoms with E-state index in [4.69, 9.17) is 4.74 Å². The van der Waals surface area contributed by atoms with Crippen molar-refractivity contribution in [1.29, 1.82) is 0 Å². The Morgan fingerprint density at radius 2 is 1.96 bits per heavy atom. The molecule has 1 N–H and O–H groups in total. The number of benzene rings is 1. The van der Waals surface area contributed by atoms with E-state index in [1.165, 1.54) is 12.0 Å². The van der Waals surface area contributed by atoms with Crippen molar-refractivity contribution in [3.63, 3.8) is 0 Å². The maximum Gasteiger partial charge on any atom is 0.413 e. The fraction of sp³-hybridized carbons (Fsp3) is 0.529. The second-order valence-corrected chi connectivity index (χ2v) is 6.57. The number of rotatable bonds is 2. The van der Waals surface area contributed by atoms with Gasteiger partial charge in [0, 0.05) is 25.0 Å². The molecule has 0 spiro atoms. The number of hydrogen-bond donors (Lipinski definition) is 1. The molecule has 1 aromatic rings. The summed E-state index contributed by atoms with van der Waals surface area (Å²) >= 11 is 0. The molecule has 1 heterocycles. The third kappa shape index (κ3) is 4.38. The standard InChI is InChI=1S/C17H25N3O4/c1-12-10-20(11-17(2,3)24-12)15(21)18-13-6-8-14(9-7-13)19(4)16(22)23-5/h6-9,12H,10-11H2,1-5H3,(H,18,21). The van der Waals surface area contributed by atoms with E-state index in [2.05, 4.69) is 10.1 Å². The van der Waals surface area contributed by atoms with Gasteiger partial charge in [-0.25, -0.2) is 9.59 Å². The zero-order chi connectivity index (χ0) is 17.9. The van der Waals surface area contributed by atoms with E-state index in [1.807, 2.05) is 20.8 Å². The first kappa shape index (κ1) is 18.1. The van der Waals surface area contributed by atoms with Crippen LogP contribution in [0.15, 0.2) is 24.3 Å². The molecule has 1 aliphatic heterocycles. The number of carbonyl (C=O) groups excluding carboxylic acids is 2. The van der Waals surface area contributed by atoms with Crippen molar-refractivity contribution in [2.45, 2.75) is 32.5 Å². The van der Waals surface area contributed by atoms with E-state index in [-0.39, 0.29) is 17.7 Å². The number of morpholine rings is 1. The molecule has 1 saturated heterocycles. The van der Waals surface area contributed by atoms with Crippen LogP contribution in [-0.4, -0.2) is 56.0 Å².